The maximum absolute atomic E-state index is 5.52. The van der Waals surface area contributed by atoms with Crippen LogP contribution in [-0.4, -0.2) is 54.6 Å². The molecule has 1 heterocycles. The van der Waals surface area contributed by atoms with Gasteiger partial charge in [0, 0.05) is 38.5 Å². The zero-order chi connectivity index (χ0) is 21.2. The minimum Gasteiger partial charge on any atom is -0.494 e. The van der Waals surface area contributed by atoms with E-state index in [0.29, 0.717) is 19.8 Å². The average molecular weight is 529 g/mol. The van der Waals surface area contributed by atoms with Gasteiger partial charge in [0.2, 0.25) is 0 Å². The minimum atomic E-state index is 0. The summed E-state index contributed by atoms with van der Waals surface area (Å²) in [7, 11) is 3.76. The van der Waals surface area contributed by atoms with Crippen molar-refractivity contribution in [2.45, 2.75) is 47.3 Å². The van der Waals surface area contributed by atoms with Gasteiger partial charge in [0.25, 0.3) is 0 Å². The molecule has 0 bridgehead atoms. The highest BCUT2D eigenvalue weighted by molar-refractivity contribution is 14.0. The molecule has 1 N–H and O–H groups in total. The van der Waals surface area contributed by atoms with E-state index in [2.05, 4.69) is 48.3 Å². The van der Waals surface area contributed by atoms with Gasteiger partial charge >= 0.3 is 0 Å². The molecule has 7 nitrogen and oxygen atoms in total. The van der Waals surface area contributed by atoms with Gasteiger partial charge in [0.05, 0.1) is 32.0 Å². The van der Waals surface area contributed by atoms with E-state index in [9.17, 15) is 0 Å². The Morgan fingerprint density at radius 3 is 2.50 bits per heavy atom. The van der Waals surface area contributed by atoms with Crippen molar-refractivity contribution < 1.29 is 9.47 Å². The third-order valence-corrected chi connectivity index (χ3v) is 4.78. The van der Waals surface area contributed by atoms with E-state index < -0.39 is 0 Å². The number of halogens is 1. The first-order chi connectivity index (χ1) is 14.0. The number of aryl methyl sites for hydroxylation is 1. The standard InChI is InChI=1S/C22H35N5O2.HI/c1-7-23-22(26(5)16-19-9-11-20(12-10-19)29-8-2)24-15-21-17(3)25-27(18(21)4)13-14-28-6;/h9-12H,7-8,13-16H2,1-6H3,(H,23,24);1H. The molecule has 2 aromatic rings. The second-order valence-corrected chi connectivity index (χ2v) is 6.97. The number of nitrogens with zero attached hydrogens (tertiary/aromatic N) is 4. The zero-order valence-corrected chi connectivity index (χ0v) is 21.4. The summed E-state index contributed by atoms with van der Waals surface area (Å²) < 4.78 is 12.7. The Bertz CT molecular complexity index is 790. The second kappa shape index (κ2) is 13.5. The van der Waals surface area contributed by atoms with E-state index >= 15 is 0 Å². The van der Waals surface area contributed by atoms with Gasteiger partial charge in [-0.05, 0) is 45.4 Å². The number of hydrogen-bond donors (Lipinski definition) is 1. The number of hydrogen-bond acceptors (Lipinski definition) is 4. The van der Waals surface area contributed by atoms with Gasteiger partial charge < -0.3 is 19.7 Å². The van der Waals surface area contributed by atoms with Gasteiger partial charge in [-0.15, -0.1) is 24.0 Å². The maximum Gasteiger partial charge on any atom is 0.194 e. The lowest BCUT2D eigenvalue weighted by molar-refractivity contribution is 0.182. The predicted molar refractivity (Wildman–Crippen MR) is 133 cm³/mol. The Labute approximate surface area is 197 Å². The van der Waals surface area contributed by atoms with Gasteiger partial charge in [-0.25, -0.2) is 4.99 Å². The van der Waals surface area contributed by atoms with Crippen LogP contribution in [0, 0.1) is 13.8 Å². The molecule has 2 rings (SSSR count). The monoisotopic (exact) mass is 529 g/mol. The molecule has 0 amide bonds. The van der Waals surface area contributed by atoms with Crippen LogP contribution in [0.5, 0.6) is 5.75 Å². The molecule has 0 saturated heterocycles. The van der Waals surface area contributed by atoms with E-state index in [-0.39, 0.29) is 24.0 Å². The molecule has 1 aromatic heterocycles. The second-order valence-electron chi connectivity index (χ2n) is 6.97. The topological polar surface area (TPSA) is 63.9 Å². The van der Waals surface area contributed by atoms with Crippen LogP contribution in [0.25, 0.3) is 0 Å². The van der Waals surface area contributed by atoms with E-state index in [1.807, 2.05) is 30.7 Å². The Hall–Kier alpha value is -1.81. The number of rotatable bonds is 10. The Morgan fingerprint density at radius 2 is 1.90 bits per heavy atom. The third-order valence-electron chi connectivity index (χ3n) is 4.78. The van der Waals surface area contributed by atoms with Crippen LogP contribution in [0.3, 0.4) is 0 Å². The SMILES string of the molecule is CCNC(=NCc1c(C)nn(CCOC)c1C)N(C)Cc1ccc(OCC)cc1.I. The number of aliphatic imine (C=N–C) groups is 1. The molecule has 168 valence electrons. The molecule has 0 saturated carbocycles. The summed E-state index contributed by atoms with van der Waals surface area (Å²) in [5.41, 5.74) is 4.55. The average Bonchev–Trinajstić information content (AvgIpc) is 2.98. The summed E-state index contributed by atoms with van der Waals surface area (Å²) in [4.78, 5) is 7.00. The van der Waals surface area contributed by atoms with Crippen molar-refractivity contribution >= 4 is 29.9 Å². The molecule has 0 aliphatic heterocycles. The van der Waals surface area contributed by atoms with Gasteiger partial charge in [-0.1, -0.05) is 12.1 Å². The van der Waals surface area contributed by atoms with Crippen LogP contribution >= 0.6 is 24.0 Å². The lowest BCUT2D eigenvalue weighted by Gasteiger charge is -2.22. The lowest BCUT2D eigenvalue weighted by Crippen LogP contribution is -2.38. The molecule has 0 spiro atoms. The van der Waals surface area contributed by atoms with Crippen LogP contribution < -0.4 is 10.1 Å². The van der Waals surface area contributed by atoms with Gasteiger partial charge in [-0.2, -0.15) is 5.10 Å². The Morgan fingerprint density at radius 1 is 1.20 bits per heavy atom. The first-order valence-electron chi connectivity index (χ1n) is 10.2. The largest absolute Gasteiger partial charge is 0.494 e. The molecule has 0 aliphatic carbocycles. The van der Waals surface area contributed by atoms with Crippen LogP contribution in [0.2, 0.25) is 0 Å². The lowest BCUT2D eigenvalue weighted by atomic mass is 10.2. The van der Waals surface area contributed by atoms with Crippen LogP contribution in [0.4, 0.5) is 0 Å². The summed E-state index contributed by atoms with van der Waals surface area (Å²) in [6.07, 6.45) is 0. The van der Waals surface area contributed by atoms with Crippen molar-refractivity contribution in [2.24, 2.45) is 4.99 Å². The fourth-order valence-electron chi connectivity index (χ4n) is 3.19. The van der Waals surface area contributed by atoms with E-state index in [1.54, 1.807) is 7.11 Å². The molecule has 30 heavy (non-hydrogen) atoms. The van der Waals surface area contributed by atoms with Crippen molar-refractivity contribution in [3.8, 4) is 5.75 Å². The summed E-state index contributed by atoms with van der Waals surface area (Å²) in [5.74, 6) is 1.78. The number of nitrogens with one attached hydrogen (secondary N) is 1. The molecule has 0 aliphatic rings. The van der Waals surface area contributed by atoms with Crippen molar-refractivity contribution in [1.82, 2.24) is 20.0 Å². The van der Waals surface area contributed by atoms with Crippen molar-refractivity contribution in [3.63, 3.8) is 0 Å². The molecular formula is C22H36IN5O2. The fraction of sp³-hybridized carbons (Fsp3) is 0.545. The van der Waals surface area contributed by atoms with E-state index in [0.717, 1.165) is 42.7 Å². The number of methoxy groups -OCH3 is 1. The highest BCUT2D eigenvalue weighted by Gasteiger charge is 2.12. The normalized spacial score (nSPS) is 11.2. The van der Waals surface area contributed by atoms with Crippen LogP contribution in [0.1, 0.15) is 36.4 Å². The Balaban J connectivity index is 0.00000450. The molecule has 8 heteroatoms. The molecule has 0 atom stereocenters. The Kier molecular flexibility index (Phi) is 11.8. The zero-order valence-electron chi connectivity index (χ0n) is 19.1. The number of aromatic nitrogens is 2. The van der Waals surface area contributed by atoms with Gasteiger partial charge in [-0.3, -0.25) is 4.68 Å². The summed E-state index contributed by atoms with van der Waals surface area (Å²) >= 11 is 0. The van der Waals surface area contributed by atoms with E-state index in [1.165, 1.54) is 11.1 Å². The number of ether oxygens (including phenoxy) is 2. The highest BCUT2D eigenvalue weighted by Crippen LogP contribution is 2.16. The number of benzene rings is 1. The van der Waals surface area contributed by atoms with Gasteiger partial charge in [0.15, 0.2) is 5.96 Å². The van der Waals surface area contributed by atoms with E-state index in [4.69, 9.17) is 14.5 Å². The van der Waals surface area contributed by atoms with Crippen molar-refractivity contribution in [3.05, 3.63) is 46.8 Å². The first-order valence-corrected chi connectivity index (χ1v) is 10.2. The molecule has 0 unspecified atom stereocenters. The van der Waals surface area contributed by atoms with Crippen molar-refractivity contribution in [1.29, 1.82) is 0 Å². The summed E-state index contributed by atoms with van der Waals surface area (Å²) in [6, 6.07) is 8.22. The summed E-state index contributed by atoms with van der Waals surface area (Å²) in [6.45, 7) is 12.5. The quantitative estimate of drug-likeness (QED) is 0.289. The number of guanidine groups is 1. The molecule has 0 fully saturated rings. The fourth-order valence-corrected chi connectivity index (χ4v) is 3.19. The minimum absolute atomic E-state index is 0. The third kappa shape index (κ3) is 7.46. The predicted octanol–water partition coefficient (Wildman–Crippen LogP) is 3.76. The smallest absolute Gasteiger partial charge is 0.194 e. The van der Waals surface area contributed by atoms with Crippen molar-refractivity contribution in [2.75, 3.05) is 33.9 Å². The van der Waals surface area contributed by atoms with Gasteiger partial charge in [0.1, 0.15) is 5.75 Å². The van der Waals surface area contributed by atoms with Crippen LogP contribution in [-0.2, 0) is 24.4 Å². The highest BCUT2D eigenvalue weighted by atomic mass is 127. The summed E-state index contributed by atoms with van der Waals surface area (Å²) in [5, 5.41) is 8.02. The maximum atomic E-state index is 5.52. The first kappa shape index (κ1) is 26.2. The molecule has 0 radical (unpaired) electrons. The molecule has 1 aromatic carbocycles. The van der Waals surface area contributed by atoms with Crippen LogP contribution in [0.15, 0.2) is 29.3 Å². The molecular weight excluding hydrogens is 493 g/mol.